The van der Waals surface area contributed by atoms with Gasteiger partial charge in [0.25, 0.3) is 0 Å². The summed E-state index contributed by atoms with van der Waals surface area (Å²) in [5, 5.41) is 0. The van der Waals surface area contributed by atoms with Crippen LogP contribution in [0, 0.1) is 6.92 Å². The predicted octanol–water partition coefficient (Wildman–Crippen LogP) is 2.79. The summed E-state index contributed by atoms with van der Waals surface area (Å²) >= 11 is 0. The Balaban J connectivity index is 3.01. The minimum atomic E-state index is 0.654. The van der Waals surface area contributed by atoms with E-state index in [2.05, 4.69) is 11.9 Å². The van der Waals surface area contributed by atoms with Crippen molar-refractivity contribution in [2.24, 2.45) is 10.7 Å². The Hall–Kier alpha value is -1.51. The van der Waals surface area contributed by atoms with E-state index < -0.39 is 0 Å². The molecule has 2 N–H and O–H groups in total. The van der Waals surface area contributed by atoms with Crippen LogP contribution in [0.15, 0.2) is 23.2 Å². The fourth-order valence-electron chi connectivity index (χ4n) is 1.35. The molecule has 0 aliphatic heterocycles. The first kappa shape index (κ1) is 11.6. The van der Waals surface area contributed by atoms with Gasteiger partial charge in [0, 0.05) is 6.42 Å². The van der Waals surface area contributed by atoms with Gasteiger partial charge in [0.2, 0.25) is 0 Å². The van der Waals surface area contributed by atoms with Gasteiger partial charge in [0.1, 0.15) is 11.4 Å². The van der Waals surface area contributed by atoms with Crippen LogP contribution in [0.2, 0.25) is 0 Å². The number of methoxy groups -OCH3 is 1. The highest BCUT2D eigenvalue weighted by atomic mass is 16.5. The zero-order chi connectivity index (χ0) is 11.3. The topological polar surface area (TPSA) is 47.6 Å². The lowest BCUT2D eigenvalue weighted by Gasteiger charge is -2.06. The van der Waals surface area contributed by atoms with Gasteiger partial charge in [0.15, 0.2) is 0 Å². The Kier molecular flexibility index (Phi) is 4.16. The van der Waals surface area contributed by atoms with E-state index in [0.717, 1.165) is 29.8 Å². The molecule has 0 aliphatic carbocycles. The number of ether oxygens (including phenoxy) is 1. The second kappa shape index (κ2) is 5.39. The molecule has 0 saturated carbocycles. The van der Waals surface area contributed by atoms with Crippen LogP contribution in [0.25, 0.3) is 0 Å². The second-order valence-electron chi connectivity index (χ2n) is 3.53. The molecule has 1 aromatic carbocycles. The smallest absolute Gasteiger partial charge is 0.144 e. The van der Waals surface area contributed by atoms with E-state index in [1.165, 1.54) is 0 Å². The van der Waals surface area contributed by atoms with Crippen LogP contribution in [0.1, 0.15) is 25.3 Å². The number of nitrogens with zero attached hydrogens (tertiary/aromatic N) is 1. The summed E-state index contributed by atoms with van der Waals surface area (Å²) in [5.74, 6) is 1.42. The molecule has 0 aliphatic rings. The number of benzene rings is 1. The largest absolute Gasteiger partial charge is 0.494 e. The molecule has 0 fully saturated rings. The molecule has 0 radical (unpaired) electrons. The van der Waals surface area contributed by atoms with Gasteiger partial charge in [-0.1, -0.05) is 13.0 Å². The highest BCUT2D eigenvalue weighted by Gasteiger charge is 2.02. The number of nitrogens with two attached hydrogens (primary N) is 1. The molecule has 15 heavy (non-hydrogen) atoms. The highest BCUT2D eigenvalue weighted by molar-refractivity contribution is 5.84. The Morgan fingerprint density at radius 3 is 2.80 bits per heavy atom. The summed E-state index contributed by atoms with van der Waals surface area (Å²) in [5.41, 5.74) is 7.74. The van der Waals surface area contributed by atoms with Crippen molar-refractivity contribution in [2.75, 3.05) is 7.11 Å². The highest BCUT2D eigenvalue weighted by Crippen LogP contribution is 2.28. The molecule has 0 amide bonds. The first-order valence-corrected chi connectivity index (χ1v) is 5.15. The van der Waals surface area contributed by atoms with Crippen molar-refractivity contribution in [1.29, 1.82) is 0 Å². The van der Waals surface area contributed by atoms with E-state index in [-0.39, 0.29) is 0 Å². The summed E-state index contributed by atoms with van der Waals surface area (Å²) in [7, 11) is 1.64. The molecule has 1 aromatic rings. The van der Waals surface area contributed by atoms with E-state index in [4.69, 9.17) is 10.5 Å². The summed E-state index contributed by atoms with van der Waals surface area (Å²) < 4.78 is 5.22. The molecular weight excluding hydrogens is 188 g/mol. The number of hydrogen-bond donors (Lipinski definition) is 1. The van der Waals surface area contributed by atoms with Crippen LogP contribution < -0.4 is 10.5 Å². The van der Waals surface area contributed by atoms with Crippen LogP contribution in [-0.4, -0.2) is 12.9 Å². The Labute approximate surface area is 91.0 Å². The van der Waals surface area contributed by atoms with Crippen LogP contribution >= 0.6 is 0 Å². The third kappa shape index (κ3) is 3.27. The van der Waals surface area contributed by atoms with Crippen molar-refractivity contribution >= 4 is 11.5 Å². The van der Waals surface area contributed by atoms with Crippen LogP contribution in [-0.2, 0) is 0 Å². The maximum atomic E-state index is 5.78. The van der Waals surface area contributed by atoms with E-state index in [1.54, 1.807) is 7.11 Å². The molecule has 0 bridgehead atoms. The van der Waals surface area contributed by atoms with Gasteiger partial charge < -0.3 is 10.5 Å². The fourth-order valence-corrected chi connectivity index (χ4v) is 1.35. The number of hydrogen-bond acceptors (Lipinski definition) is 2. The van der Waals surface area contributed by atoms with Gasteiger partial charge in [-0.3, -0.25) is 0 Å². The van der Waals surface area contributed by atoms with Gasteiger partial charge in [-0.05, 0) is 31.0 Å². The third-order valence-corrected chi connectivity index (χ3v) is 2.10. The van der Waals surface area contributed by atoms with E-state index >= 15 is 0 Å². The van der Waals surface area contributed by atoms with Crippen molar-refractivity contribution in [3.63, 3.8) is 0 Å². The fraction of sp³-hybridized carbons (Fsp3) is 0.417. The summed E-state index contributed by atoms with van der Waals surface area (Å²) in [6.45, 7) is 4.10. The second-order valence-corrected chi connectivity index (χ2v) is 3.53. The monoisotopic (exact) mass is 206 g/mol. The average Bonchev–Trinajstić information content (AvgIpc) is 2.18. The molecule has 0 atom stereocenters. The molecule has 0 saturated heterocycles. The first-order chi connectivity index (χ1) is 7.17. The SMILES string of the molecule is CCCC(N)=Nc1cc(C)ccc1OC. The van der Waals surface area contributed by atoms with Crippen molar-refractivity contribution in [1.82, 2.24) is 0 Å². The van der Waals surface area contributed by atoms with Crippen molar-refractivity contribution in [2.45, 2.75) is 26.7 Å². The van der Waals surface area contributed by atoms with Crippen molar-refractivity contribution in [3.8, 4) is 5.75 Å². The third-order valence-electron chi connectivity index (χ3n) is 2.10. The van der Waals surface area contributed by atoms with Gasteiger partial charge >= 0.3 is 0 Å². The number of aliphatic imine (C=N–C) groups is 1. The van der Waals surface area contributed by atoms with Crippen molar-refractivity contribution in [3.05, 3.63) is 23.8 Å². The van der Waals surface area contributed by atoms with Crippen LogP contribution in [0.3, 0.4) is 0 Å². The molecule has 1 rings (SSSR count). The Morgan fingerprint density at radius 2 is 2.20 bits per heavy atom. The lowest BCUT2D eigenvalue weighted by molar-refractivity contribution is 0.416. The van der Waals surface area contributed by atoms with Gasteiger partial charge in [-0.15, -0.1) is 0 Å². The lowest BCUT2D eigenvalue weighted by atomic mass is 10.2. The van der Waals surface area contributed by atoms with Crippen molar-refractivity contribution < 1.29 is 4.74 Å². The molecule has 0 spiro atoms. The molecule has 3 nitrogen and oxygen atoms in total. The zero-order valence-electron chi connectivity index (χ0n) is 9.58. The molecule has 3 heteroatoms. The summed E-state index contributed by atoms with van der Waals surface area (Å²) in [6.07, 6.45) is 1.82. The number of aryl methyl sites for hydroxylation is 1. The standard InChI is InChI=1S/C12H18N2O/c1-4-5-12(13)14-10-8-9(2)6-7-11(10)15-3/h6-8H,4-5H2,1-3H3,(H2,13,14). The predicted molar refractivity (Wildman–Crippen MR) is 63.9 cm³/mol. The van der Waals surface area contributed by atoms with Crippen LogP contribution in [0.5, 0.6) is 5.75 Å². The summed E-state index contributed by atoms with van der Waals surface area (Å²) in [6, 6.07) is 5.88. The first-order valence-electron chi connectivity index (χ1n) is 5.15. The maximum absolute atomic E-state index is 5.78. The maximum Gasteiger partial charge on any atom is 0.144 e. The van der Waals surface area contributed by atoms with Gasteiger partial charge in [-0.2, -0.15) is 0 Å². The van der Waals surface area contributed by atoms with E-state index in [0.29, 0.717) is 5.84 Å². The van der Waals surface area contributed by atoms with Gasteiger partial charge in [0.05, 0.1) is 12.9 Å². The zero-order valence-corrected chi connectivity index (χ0v) is 9.58. The Morgan fingerprint density at radius 1 is 1.47 bits per heavy atom. The molecule has 0 aromatic heterocycles. The quantitative estimate of drug-likeness (QED) is 0.608. The molecule has 82 valence electrons. The number of amidine groups is 1. The molecule has 0 unspecified atom stereocenters. The minimum Gasteiger partial charge on any atom is -0.494 e. The van der Waals surface area contributed by atoms with E-state index in [1.807, 2.05) is 25.1 Å². The minimum absolute atomic E-state index is 0.654. The van der Waals surface area contributed by atoms with Gasteiger partial charge in [-0.25, -0.2) is 4.99 Å². The summed E-state index contributed by atoms with van der Waals surface area (Å²) in [4.78, 5) is 4.35. The lowest BCUT2D eigenvalue weighted by Crippen LogP contribution is -2.10. The number of rotatable bonds is 4. The molecular formula is C12H18N2O. The Bertz CT molecular complexity index is 359. The normalized spacial score (nSPS) is 11.5. The molecule has 0 heterocycles. The van der Waals surface area contributed by atoms with Crippen LogP contribution in [0.4, 0.5) is 5.69 Å². The average molecular weight is 206 g/mol. The van der Waals surface area contributed by atoms with E-state index in [9.17, 15) is 0 Å².